The quantitative estimate of drug-likeness (QED) is 0.934. The molecular formula is C16H17N5OS. The van der Waals surface area contributed by atoms with E-state index in [4.69, 9.17) is 5.26 Å². The van der Waals surface area contributed by atoms with Gasteiger partial charge in [-0.25, -0.2) is 4.98 Å². The van der Waals surface area contributed by atoms with Gasteiger partial charge in [-0.2, -0.15) is 5.26 Å². The van der Waals surface area contributed by atoms with Crippen molar-refractivity contribution in [3.8, 4) is 6.07 Å². The van der Waals surface area contributed by atoms with Crippen molar-refractivity contribution in [1.82, 2.24) is 9.88 Å². The molecule has 0 spiro atoms. The summed E-state index contributed by atoms with van der Waals surface area (Å²) in [5.41, 5.74) is 1.07. The van der Waals surface area contributed by atoms with Crippen LogP contribution in [0.3, 0.4) is 0 Å². The van der Waals surface area contributed by atoms with Gasteiger partial charge in [0, 0.05) is 26.2 Å². The van der Waals surface area contributed by atoms with E-state index in [1.165, 1.54) is 11.3 Å². The summed E-state index contributed by atoms with van der Waals surface area (Å²) in [7, 11) is 2.12. The number of nitriles is 1. The maximum Gasteiger partial charge on any atom is 0.266 e. The van der Waals surface area contributed by atoms with E-state index in [2.05, 4.69) is 27.1 Å². The van der Waals surface area contributed by atoms with Gasteiger partial charge in [-0.15, -0.1) is 11.3 Å². The predicted molar refractivity (Wildman–Crippen MR) is 90.9 cm³/mol. The summed E-state index contributed by atoms with van der Waals surface area (Å²) in [6, 6.07) is 9.10. The molecule has 3 rings (SSSR count). The fourth-order valence-corrected chi connectivity index (χ4v) is 3.11. The smallest absolute Gasteiger partial charge is 0.266 e. The van der Waals surface area contributed by atoms with Crippen LogP contribution in [0.5, 0.6) is 0 Å². The number of likely N-dealkylation sites (N-methyl/N-ethyl adjacent to an activating group) is 1. The Morgan fingerprint density at radius 1 is 1.26 bits per heavy atom. The monoisotopic (exact) mass is 327 g/mol. The van der Waals surface area contributed by atoms with Crippen LogP contribution < -0.4 is 10.2 Å². The van der Waals surface area contributed by atoms with E-state index >= 15 is 0 Å². The highest BCUT2D eigenvalue weighted by molar-refractivity contribution is 7.14. The second-order valence-electron chi connectivity index (χ2n) is 5.42. The predicted octanol–water partition coefficient (Wildman–Crippen LogP) is 2.02. The summed E-state index contributed by atoms with van der Waals surface area (Å²) in [6.45, 7) is 4.04. The molecule has 1 fully saturated rings. The highest BCUT2D eigenvalue weighted by Crippen LogP contribution is 2.19. The van der Waals surface area contributed by atoms with Crippen LogP contribution in [0.2, 0.25) is 0 Å². The average Bonchev–Trinajstić information content (AvgIpc) is 3.06. The van der Waals surface area contributed by atoms with Gasteiger partial charge in [0.1, 0.15) is 16.8 Å². The number of hydrogen-bond acceptors (Lipinski definition) is 6. The lowest BCUT2D eigenvalue weighted by molar-refractivity contribution is 0.103. The van der Waals surface area contributed by atoms with E-state index in [9.17, 15) is 4.79 Å². The number of nitrogens with zero attached hydrogens (tertiary/aromatic N) is 4. The number of aromatic nitrogens is 1. The first kappa shape index (κ1) is 15.5. The van der Waals surface area contributed by atoms with Crippen molar-refractivity contribution in [2.45, 2.75) is 0 Å². The number of amides is 1. The molecule has 118 valence electrons. The minimum atomic E-state index is -0.239. The number of anilines is 2. The summed E-state index contributed by atoms with van der Waals surface area (Å²) in [5.74, 6) is 0.274. The Balaban J connectivity index is 1.63. The molecule has 2 aromatic rings. The van der Waals surface area contributed by atoms with E-state index in [0.29, 0.717) is 15.6 Å². The van der Waals surface area contributed by atoms with E-state index in [0.717, 1.165) is 31.9 Å². The number of carbonyl (C=O) groups excluding carboxylic acids is 1. The van der Waals surface area contributed by atoms with Crippen molar-refractivity contribution in [3.63, 3.8) is 0 Å². The molecule has 0 atom stereocenters. The Morgan fingerprint density at radius 3 is 2.65 bits per heavy atom. The van der Waals surface area contributed by atoms with Crippen molar-refractivity contribution < 1.29 is 4.79 Å². The zero-order chi connectivity index (χ0) is 16.2. The third-order valence-electron chi connectivity index (χ3n) is 3.80. The van der Waals surface area contributed by atoms with Crippen molar-refractivity contribution >= 4 is 28.7 Å². The first-order valence-corrected chi connectivity index (χ1v) is 8.18. The Bertz CT molecular complexity index is 726. The fourth-order valence-electron chi connectivity index (χ4n) is 2.41. The number of hydrogen-bond donors (Lipinski definition) is 1. The Hall–Kier alpha value is -2.43. The van der Waals surface area contributed by atoms with Gasteiger partial charge in [0.2, 0.25) is 0 Å². The molecule has 1 aliphatic heterocycles. The number of pyridine rings is 1. The zero-order valence-electron chi connectivity index (χ0n) is 12.8. The summed E-state index contributed by atoms with van der Waals surface area (Å²) < 4.78 is 0. The Labute approximate surface area is 139 Å². The second kappa shape index (κ2) is 6.77. The van der Waals surface area contributed by atoms with Crippen LogP contribution in [0.1, 0.15) is 14.5 Å². The molecule has 6 nitrogen and oxygen atoms in total. The molecule has 7 heteroatoms. The van der Waals surface area contributed by atoms with Crippen molar-refractivity contribution in [1.29, 1.82) is 5.26 Å². The molecule has 0 radical (unpaired) electrons. The van der Waals surface area contributed by atoms with Crippen LogP contribution in [-0.4, -0.2) is 49.0 Å². The van der Waals surface area contributed by atoms with Gasteiger partial charge in [0.15, 0.2) is 0 Å². The fraction of sp³-hybridized carbons (Fsp3) is 0.312. The molecule has 3 heterocycles. The molecule has 1 amide bonds. The molecule has 0 unspecified atom stereocenters. The third kappa shape index (κ3) is 3.67. The number of piperazine rings is 1. The Morgan fingerprint density at radius 2 is 2.04 bits per heavy atom. The zero-order valence-corrected chi connectivity index (χ0v) is 13.6. The first-order valence-electron chi connectivity index (χ1n) is 7.36. The highest BCUT2D eigenvalue weighted by Gasteiger charge is 2.15. The molecule has 0 bridgehead atoms. The third-order valence-corrected chi connectivity index (χ3v) is 4.79. The topological polar surface area (TPSA) is 72.3 Å². The lowest BCUT2D eigenvalue weighted by Gasteiger charge is -2.33. The van der Waals surface area contributed by atoms with Crippen LogP contribution in [0.25, 0.3) is 0 Å². The minimum absolute atomic E-state index is 0.239. The standard InChI is InChI=1S/C16H17N5OS/c1-20-6-8-21(9-7-20)12-2-5-15(18-11-12)19-16(22)14-4-3-13(10-17)23-14/h2-5,11H,6-9H2,1H3,(H,18,19,22). The normalized spacial score (nSPS) is 15.2. The number of rotatable bonds is 3. The molecule has 1 N–H and O–H groups in total. The van der Waals surface area contributed by atoms with E-state index in [1.54, 1.807) is 18.3 Å². The largest absolute Gasteiger partial charge is 0.368 e. The van der Waals surface area contributed by atoms with Gasteiger partial charge in [-0.05, 0) is 31.3 Å². The second-order valence-corrected chi connectivity index (χ2v) is 6.51. The van der Waals surface area contributed by atoms with Crippen LogP contribution in [0, 0.1) is 11.3 Å². The van der Waals surface area contributed by atoms with Gasteiger partial charge in [-0.3, -0.25) is 4.79 Å². The molecule has 0 saturated carbocycles. The maximum absolute atomic E-state index is 12.1. The molecular weight excluding hydrogens is 310 g/mol. The van der Waals surface area contributed by atoms with E-state index in [1.807, 2.05) is 18.2 Å². The van der Waals surface area contributed by atoms with Gasteiger partial charge < -0.3 is 15.1 Å². The lowest BCUT2D eigenvalue weighted by Crippen LogP contribution is -2.44. The summed E-state index contributed by atoms with van der Waals surface area (Å²) in [6.07, 6.45) is 1.79. The van der Waals surface area contributed by atoms with Crippen molar-refractivity contribution in [2.75, 3.05) is 43.4 Å². The van der Waals surface area contributed by atoms with Crippen LogP contribution in [0.4, 0.5) is 11.5 Å². The highest BCUT2D eigenvalue weighted by atomic mass is 32.1. The summed E-state index contributed by atoms with van der Waals surface area (Å²) in [4.78, 5) is 22.0. The minimum Gasteiger partial charge on any atom is -0.368 e. The molecule has 0 aromatic carbocycles. The van der Waals surface area contributed by atoms with E-state index < -0.39 is 0 Å². The van der Waals surface area contributed by atoms with Crippen LogP contribution >= 0.6 is 11.3 Å². The SMILES string of the molecule is CN1CCN(c2ccc(NC(=O)c3ccc(C#N)s3)nc2)CC1. The Kier molecular flexibility index (Phi) is 4.55. The van der Waals surface area contributed by atoms with Gasteiger partial charge >= 0.3 is 0 Å². The van der Waals surface area contributed by atoms with Crippen LogP contribution in [-0.2, 0) is 0 Å². The average molecular weight is 327 g/mol. The molecule has 1 aliphatic rings. The number of thiophene rings is 1. The number of nitrogens with one attached hydrogen (secondary N) is 1. The molecule has 0 aliphatic carbocycles. The van der Waals surface area contributed by atoms with Gasteiger partial charge in [0.25, 0.3) is 5.91 Å². The first-order chi connectivity index (χ1) is 11.2. The van der Waals surface area contributed by atoms with Crippen LogP contribution in [0.15, 0.2) is 30.5 Å². The molecule has 2 aromatic heterocycles. The van der Waals surface area contributed by atoms with Crippen molar-refractivity contribution in [3.05, 3.63) is 40.2 Å². The van der Waals surface area contributed by atoms with Gasteiger partial charge in [-0.1, -0.05) is 0 Å². The van der Waals surface area contributed by atoms with Crippen molar-refractivity contribution in [2.24, 2.45) is 0 Å². The maximum atomic E-state index is 12.1. The number of carbonyl (C=O) groups is 1. The molecule has 1 saturated heterocycles. The van der Waals surface area contributed by atoms with Gasteiger partial charge in [0.05, 0.1) is 16.8 Å². The lowest BCUT2D eigenvalue weighted by atomic mass is 10.3. The summed E-state index contributed by atoms with van der Waals surface area (Å²) >= 11 is 1.17. The molecule has 23 heavy (non-hydrogen) atoms. The van der Waals surface area contributed by atoms with E-state index in [-0.39, 0.29) is 5.91 Å². The summed E-state index contributed by atoms with van der Waals surface area (Å²) in [5, 5.41) is 11.6.